The molecule has 0 heterocycles. The largest absolute Gasteiger partial charge is 0.381 e. The lowest BCUT2D eigenvalue weighted by atomic mass is 10.0. The van der Waals surface area contributed by atoms with Gasteiger partial charge in [0, 0.05) is 13.0 Å². The minimum Gasteiger partial charge on any atom is -0.381 e. The van der Waals surface area contributed by atoms with E-state index in [9.17, 15) is 4.79 Å². The molecule has 0 aromatic carbocycles. The molecule has 2 heteroatoms. The van der Waals surface area contributed by atoms with E-state index in [0.29, 0.717) is 13.0 Å². The monoisotopic (exact) mass is 325 g/mol. The van der Waals surface area contributed by atoms with Crippen LogP contribution in [0.15, 0.2) is 0 Å². The van der Waals surface area contributed by atoms with Crippen molar-refractivity contribution in [3.05, 3.63) is 0 Å². The molecule has 0 unspecified atom stereocenters. The predicted octanol–water partition coefficient (Wildman–Crippen LogP) is 6.76. The van der Waals surface area contributed by atoms with Gasteiger partial charge in [-0.3, -0.25) is 4.79 Å². The van der Waals surface area contributed by atoms with Gasteiger partial charge < -0.3 is 4.74 Å². The molecule has 0 N–H and O–H groups in total. The van der Waals surface area contributed by atoms with Crippen LogP contribution >= 0.6 is 0 Å². The molecule has 0 rings (SSSR count). The molecule has 1 radical (unpaired) electrons. The van der Waals surface area contributed by atoms with Gasteiger partial charge in [0.15, 0.2) is 0 Å². The molecule has 0 bridgehead atoms. The van der Waals surface area contributed by atoms with Crippen molar-refractivity contribution < 1.29 is 9.53 Å². The van der Waals surface area contributed by atoms with Gasteiger partial charge in [0.2, 0.25) is 6.29 Å². The van der Waals surface area contributed by atoms with E-state index in [1.807, 2.05) is 6.29 Å². The summed E-state index contributed by atoms with van der Waals surface area (Å²) in [5.74, 6) is 0. The summed E-state index contributed by atoms with van der Waals surface area (Å²) in [6, 6.07) is 0. The van der Waals surface area contributed by atoms with E-state index >= 15 is 0 Å². The van der Waals surface area contributed by atoms with E-state index in [0.717, 1.165) is 13.0 Å². The van der Waals surface area contributed by atoms with Crippen LogP contribution in [0, 0.1) is 0 Å². The Balaban J connectivity index is 2.93. The van der Waals surface area contributed by atoms with Crippen LogP contribution in [0.25, 0.3) is 0 Å². The molecule has 2 nitrogen and oxygen atoms in total. The third-order valence-electron chi connectivity index (χ3n) is 4.49. The van der Waals surface area contributed by atoms with Crippen molar-refractivity contribution in [1.82, 2.24) is 0 Å². The maximum absolute atomic E-state index is 9.98. The topological polar surface area (TPSA) is 26.3 Å². The van der Waals surface area contributed by atoms with Crippen molar-refractivity contribution in [3.63, 3.8) is 0 Å². The highest BCUT2D eigenvalue weighted by Crippen LogP contribution is 2.13. The SMILES string of the molecule is CCCCCCCCCCCCCCCCCCOCC[C]=O. The molecule has 0 aromatic rings. The Hall–Kier alpha value is -0.370. The van der Waals surface area contributed by atoms with E-state index in [4.69, 9.17) is 4.74 Å². The summed E-state index contributed by atoms with van der Waals surface area (Å²) in [5.41, 5.74) is 0. The third kappa shape index (κ3) is 21.6. The van der Waals surface area contributed by atoms with Crippen LogP contribution in [0.2, 0.25) is 0 Å². The number of unbranched alkanes of at least 4 members (excludes halogenated alkanes) is 15. The van der Waals surface area contributed by atoms with Gasteiger partial charge in [0.25, 0.3) is 0 Å². The third-order valence-corrected chi connectivity index (χ3v) is 4.49. The van der Waals surface area contributed by atoms with Gasteiger partial charge in [0.1, 0.15) is 0 Å². The summed E-state index contributed by atoms with van der Waals surface area (Å²) in [4.78, 5) is 9.98. The molecular formula is C21H41O2. The maximum Gasteiger partial charge on any atom is 0.200 e. The van der Waals surface area contributed by atoms with Gasteiger partial charge in [-0.1, -0.05) is 103 Å². The Labute approximate surface area is 145 Å². The first-order valence-corrected chi connectivity index (χ1v) is 10.3. The summed E-state index contributed by atoms with van der Waals surface area (Å²) < 4.78 is 5.33. The van der Waals surface area contributed by atoms with Crippen LogP contribution < -0.4 is 0 Å². The Kier molecular flexibility index (Phi) is 21.3. The van der Waals surface area contributed by atoms with E-state index in [2.05, 4.69) is 6.92 Å². The first-order chi connectivity index (χ1) is 11.4. The molecule has 137 valence electrons. The van der Waals surface area contributed by atoms with E-state index in [-0.39, 0.29) is 0 Å². The minimum absolute atomic E-state index is 0.416. The molecular weight excluding hydrogens is 284 g/mol. The second-order valence-electron chi connectivity index (χ2n) is 6.81. The second-order valence-corrected chi connectivity index (χ2v) is 6.81. The van der Waals surface area contributed by atoms with Crippen LogP contribution in [0.3, 0.4) is 0 Å². The second kappa shape index (κ2) is 21.6. The Bertz CT molecular complexity index is 216. The van der Waals surface area contributed by atoms with Crippen molar-refractivity contribution in [2.75, 3.05) is 13.2 Å². The van der Waals surface area contributed by atoms with Gasteiger partial charge in [-0.05, 0) is 6.42 Å². The zero-order chi connectivity index (χ0) is 16.8. The van der Waals surface area contributed by atoms with Crippen LogP contribution in [-0.2, 0) is 9.53 Å². The Morgan fingerprint density at radius 2 is 0.957 bits per heavy atom. The molecule has 0 saturated carbocycles. The standard InChI is InChI=1S/C21H41O2/c1-2-3-4-5-6-7-8-9-10-11-12-13-14-15-16-17-20-23-21-18-19-22/h2-18,20-21H2,1H3. The maximum atomic E-state index is 9.98. The van der Waals surface area contributed by atoms with Crippen LogP contribution in [0.1, 0.15) is 116 Å². The summed E-state index contributed by atoms with van der Waals surface area (Å²) in [6.07, 6.45) is 24.6. The fourth-order valence-electron chi connectivity index (χ4n) is 2.97. The van der Waals surface area contributed by atoms with Gasteiger partial charge in [-0.2, -0.15) is 0 Å². The number of ether oxygens (including phenoxy) is 1. The van der Waals surface area contributed by atoms with Gasteiger partial charge in [0.05, 0.1) is 6.61 Å². The molecule has 0 amide bonds. The first kappa shape index (κ1) is 22.6. The van der Waals surface area contributed by atoms with Crippen LogP contribution in [0.5, 0.6) is 0 Å². The van der Waals surface area contributed by atoms with E-state index in [1.165, 1.54) is 96.3 Å². The van der Waals surface area contributed by atoms with Crippen molar-refractivity contribution >= 4 is 6.29 Å². The number of hydrogen-bond acceptors (Lipinski definition) is 2. The molecule has 0 aromatic heterocycles. The fraction of sp³-hybridized carbons (Fsp3) is 0.952. The molecule has 0 atom stereocenters. The summed E-state index contributed by atoms with van der Waals surface area (Å²) in [6.45, 7) is 3.63. The van der Waals surface area contributed by atoms with Crippen molar-refractivity contribution in [3.8, 4) is 0 Å². The van der Waals surface area contributed by atoms with E-state index in [1.54, 1.807) is 0 Å². The molecule has 0 aliphatic heterocycles. The zero-order valence-electron chi connectivity index (χ0n) is 15.8. The lowest BCUT2D eigenvalue weighted by Gasteiger charge is -2.04. The summed E-state index contributed by atoms with van der Waals surface area (Å²) in [7, 11) is 0. The van der Waals surface area contributed by atoms with Gasteiger partial charge >= 0.3 is 0 Å². The molecule has 0 aliphatic carbocycles. The van der Waals surface area contributed by atoms with Crippen molar-refractivity contribution in [2.24, 2.45) is 0 Å². The lowest BCUT2D eigenvalue weighted by Crippen LogP contribution is -1.97. The molecule has 0 spiro atoms. The summed E-state index contributed by atoms with van der Waals surface area (Å²) in [5, 5.41) is 0. The average molecular weight is 326 g/mol. The highest BCUT2D eigenvalue weighted by molar-refractivity contribution is 5.50. The molecule has 23 heavy (non-hydrogen) atoms. The highest BCUT2D eigenvalue weighted by atomic mass is 16.5. The normalized spacial score (nSPS) is 11.0. The lowest BCUT2D eigenvalue weighted by molar-refractivity contribution is 0.136. The molecule has 0 saturated heterocycles. The van der Waals surface area contributed by atoms with Crippen LogP contribution in [0.4, 0.5) is 0 Å². The van der Waals surface area contributed by atoms with Gasteiger partial charge in [-0.15, -0.1) is 0 Å². The number of hydrogen-bond donors (Lipinski definition) is 0. The van der Waals surface area contributed by atoms with Gasteiger partial charge in [-0.25, -0.2) is 0 Å². The summed E-state index contributed by atoms with van der Waals surface area (Å²) >= 11 is 0. The average Bonchev–Trinajstić information content (AvgIpc) is 2.57. The van der Waals surface area contributed by atoms with Crippen molar-refractivity contribution in [2.45, 2.75) is 116 Å². The van der Waals surface area contributed by atoms with Crippen molar-refractivity contribution in [1.29, 1.82) is 0 Å². The molecule has 0 fully saturated rings. The molecule has 0 aliphatic rings. The predicted molar refractivity (Wildman–Crippen MR) is 101 cm³/mol. The zero-order valence-corrected chi connectivity index (χ0v) is 15.8. The quantitative estimate of drug-likeness (QED) is 0.231. The van der Waals surface area contributed by atoms with Crippen LogP contribution in [-0.4, -0.2) is 19.5 Å². The first-order valence-electron chi connectivity index (χ1n) is 10.3. The minimum atomic E-state index is 0.416. The van der Waals surface area contributed by atoms with E-state index < -0.39 is 0 Å². The smallest absolute Gasteiger partial charge is 0.200 e. The fourth-order valence-corrected chi connectivity index (χ4v) is 2.97. The number of rotatable bonds is 20. The highest BCUT2D eigenvalue weighted by Gasteiger charge is 1.95. The number of carbonyl (C=O) groups excluding carboxylic acids is 1. The Morgan fingerprint density at radius 3 is 1.35 bits per heavy atom. The Morgan fingerprint density at radius 1 is 0.565 bits per heavy atom.